The standard InChI is InChI=1S/C7H8N6O/c1-13-3-5(2-10-13)11-7(14)6-8-4-9-12-6/h2-4H,1H3,(H,11,14)(H,8,9,12). The Morgan fingerprint density at radius 3 is 3.07 bits per heavy atom. The third-order valence-corrected chi connectivity index (χ3v) is 1.59. The number of aromatic nitrogens is 5. The average molecular weight is 192 g/mol. The number of nitrogens with zero attached hydrogens (tertiary/aromatic N) is 4. The van der Waals surface area contributed by atoms with Gasteiger partial charge in [0.15, 0.2) is 0 Å². The number of rotatable bonds is 2. The van der Waals surface area contributed by atoms with Crippen LogP contribution in [0, 0.1) is 0 Å². The lowest BCUT2D eigenvalue weighted by Crippen LogP contribution is -2.13. The smallest absolute Gasteiger partial charge is 0.293 e. The molecule has 2 aromatic rings. The lowest BCUT2D eigenvalue weighted by molar-refractivity contribution is 0.101. The molecule has 14 heavy (non-hydrogen) atoms. The predicted octanol–water partition coefficient (Wildman–Crippen LogP) is -0.210. The normalized spacial score (nSPS) is 10.1. The van der Waals surface area contributed by atoms with Gasteiger partial charge in [-0.3, -0.25) is 14.6 Å². The number of anilines is 1. The number of hydrogen-bond donors (Lipinski definition) is 2. The summed E-state index contributed by atoms with van der Waals surface area (Å²) in [6.45, 7) is 0. The first kappa shape index (κ1) is 8.42. The molecule has 0 aliphatic heterocycles. The monoisotopic (exact) mass is 192 g/mol. The second kappa shape index (κ2) is 3.29. The van der Waals surface area contributed by atoms with Crippen molar-refractivity contribution in [3.8, 4) is 0 Å². The van der Waals surface area contributed by atoms with Crippen molar-refractivity contribution in [3.63, 3.8) is 0 Å². The van der Waals surface area contributed by atoms with E-state index >= 15 is 0 Å². The Hall–Kier alpha value is -2.18. The van der Waals surface area contributed by atoms with Gasteiger partial charge in [-0.25, -0.2) is 4.98 Å². The van der Waals surface area contributed by atoms with Crippen molar-refractivity contribution in [1.29, 1.82) is 0 Å². The minimum Gasteiger partial charge on any atom is -0.317 e. The fraction of sp³-hybridized carbons (Fsp3) is 0.143. The van der Waals surface area contributed by atoms with Gasteiger partial charge < -0.3 is 5.32 Å². The molecule has 72 valence electrons. The van der Waals surface area contributed by atoms with Crippen molar-refractivity contribution < 1.29 is 4.79 Å². The highest BCUT2D eigenvalue weighted by atomic mass is 16.2. The van der Waals surface area contributed by atoms with Crippen LogP contribution in [0.4, 0.5) is 5.69 Å². The summed E-state index contributed by atoms with van der Waals surface area (Å²) in [7, 11) is 1.77. The Morgan fingerprint density at radius 2 is 2.50 bits per heavy atom. The van der Waals surface area contributed by atoms with Crippen LogP contribution in [0.25, 0.3) is 0 Å². The van der Waals surface area contributed by atoms with Crippen molar-refractivity contribution in [3.05, 3.63) is 24.5 Å². The molecule has 0 saturated heterocycles. The van der Waals surface area contributed by atoms with Crippen molar-refractivity contribution in [2.75, 3.05) is 5.32 Å². The summed E-state index contributed by atoms with van der Waals surface area (Å²) >= 11 is 0. The fourth-order valence-corrected chi connectivity index (χ4v) is 0.991. The number of carbonyl (C=O) groups is 1. The van der Waals surface area contributed by atoms with Crippen LogP contribution in [0.2, 0.25) is 0 Å². The van der Waals surface area contributed by atoms with Gasteiger partial charge in [0.2, 0.25) is 5.82 Å². The van der Waals surface area contributed by atoms with Crippen molar-refractivity contribution >= 4 is 11.6 Å². The van der Waals surface area contributed by atoms with E-state index in [1.54, 1.807) is 24.1 Å². The van der Waals surface area contributed by atoms with E-state index in [-0.39, 0.29) is 11.7 Å². The minimum atomic E-state index is -0.337. The molecule has 0 saturated carbocycles. The van der Waals surface area contributed by atoms with Crippen LogP contribution < -0.4 is 5.32 Å². The van der Waals surface area contributed by atoms with Crippen molar-refractivity contribution in [2.45, 2.75) is 0 Å². The van der Waals surface area contributed by atoms with Gasteiger partial charge in [-0.05, 0) is 0 Å². The first-order chi connectivity index (χ1) is 6.75. The molecule has 0 fully saturated rings. The number of nitrogens with one attached hydrogen (secondary N) is 2. The minimum absolute atomic E-state index is 0.175. The summed E-state index contributed by atoms with van der Waals surface area (Å²) in [5, 5.41) is 12.6. The molecule has 0 aromatic carbocycles. The molecule has 0 unspecified atom stereocenters. The number of hydrogen-bond acceptors (Lipinski definition) is 4. The van der Waals surface area contributed by atoms with Crippen LogP contribution in [-0.2, 0) is 7.05 Å². The first-order valence-corrected chi connectivity index (χ1v) is 3.91. The van der Waals surface area contributed by atoms with E-state index in [0.717, 1.165) is 0 Å². The molecule has 2 aromatic heterocycles. The zero-order chi connectivity index (χ0) is 9.97. The molecule has 2 N–H and O–H groups in total. The topological polar surface area (TPSA) is 88.5 Å². The molecular formula is C7H8N6O. The van der Waals surface area contributed by atoms with Crippen LogP contribution in [0.1, 0.15) is 10.6 Å². The summed E-state index contributed by atoms with van der Waals surface area (Å²) in [6, 6.07) is 0. The maximum absolute atomic E-state index is 11.4. The summed E-state index contributed by atoms with van der Waals surface area (Å²) in [6.07, 6.45) is 4.51. The van der Waals surface area contributed by atoms with Gasteiger partial charge in [-0.15, -0.1) is 0 Å². The number of H-pyrrole nitrogens is 1. The third kappa shape index (κ3) is 1.60. The van der Waals surface area contributed by atoms with E-state index in [9.17, 15) is 4.79 Å². The zero-order valence-corrected chi connectivity index (χ0v) is 7.43. The zero-order valence-electron chi connectivity index (χ0n) is 7.43. The van der Waals surface area contributed by atoms with Gasteiger partial charge in [0, 0.05) is 13.2 Å². The van der Waals surface area contributed by atoms with Crippen molar-refractivity contribution in [1.82, 2.24) is 25.0 Å². The van der Waals surface area contributed by atoms with E-state index in [4.69, 9.17) is 0 Å². The average Bonchev–Trinajstić information content (AvgIpc) is 2.75. The van der Waals surface area contributed by atoms with Gasteiger partial charge in [0.1, 0.15) is 6.33 Å². The first-order valence-electron chi connectivity index (χ1n) is 3.91. The Morgan fingerprint density at radius 1 is 1.64 bits per heavy atom. The van der Waals surface area contributed by atoms with E-state index in [0.29, 0.717) is 5.69 Å². The molecule has 0 aliphatic rings. The van der Waals surface area contributed by atoms with E-state index in [1.807, 2.05) is 0 Å². The SMILES string of the molecule is Cn1cc(NC(=O)c2ncn[nH]2)cn1. The Kier molecular flexibility index (Phi) is 1.98. The molecule has 0 atom stereocenters. The third-order valence-electron chi connectivity index (χ3n) is 1.59. The molecule has 2 rings (SSSR count). The van der Waals surface area contributed by atoms with E-state index in [1.165, 1.54) is 6.33 Å². The van der Waals surface area contributed by atoms with Crippen LogP contribution in [0.15, 0.2) is 18.7 Å². The molecule has 2 heterocycles. The fourth-order valence-electron chi connectivity index (χ4n) is 0.991. The number of amides is 1. The maximum atomic E-state index is 11.4. The quantitative estimate of drug-likeness (QED) is 0.689. The maximum Gasteiger partial charge on any atom is 0.293 e. The van der Waals surface area contributed by atoms with Gasteiger partial charge in [-0.2, -0.15) is 10.2 Å². The van der Waals surface area contributed by atoms with Gasteiger partial charge in [0.05, 0.1) is 11.9 Å². The second-order valence-corrected chi connectivity index (χ2v) is 2.69. The highest BCUT2D eigenvalue weighted by Crippen LogP contribution is 2.04. The molecule has 1 amide bonds. The predicted molar refractivity (Wildman–Crippen MR) is 47.5 cm³/mol. The van der Waals surface area contributed by atoms with Gasteiger partial charge in [0.25, 0.3) is 5.91 Å². The Balaban J connectivity index is 2.09. The van der Waals surface area contributed by atoms with Gasteiger partial charge >= 0.3 is 0 Å². The lowest BCUT2D eigenvalue weighted by atomic mass is 10.5. The molecular weight excluding hydrogens is 184 g/mol. The van der Waals surface area contributed by atoms with E-state index < -0.39 is 0 Å². The lowest BCUT2D eigenvalue weighted by Gasteiger charge is -1.96. The van der Waals surface area contributed by atoms with Crippen LogP contribution in [0.5, 0.6) is 0 Å². The van der Waals surface area contributed by atoms with Crippen LogP contribution in [-0.4, -0.2) is 30.9 Å². The number of aromatic amines is 1. The number of aryl methyl sites for hydroxylation is 1. The Bertz CT molecular complexity index is 431. The van der Waals surface area contributed by atoms with Crippen molar-refractivity contribution in [2.24, 2.45) is 7.05 Å². The largest absolute Gasteiger partial charge is 0.317 e. The van der Waals surface area contributed by atoms with Crippen LogP contribution in [0.3, 0.4) is 0 Å². The molecule has 7 nitrogen and oxygen atoms in total. The van der Waals surface area contributed by atoms with E-state index in [2.05, 4.69) is 25.6 Å². The van der Waals surface area contributed by atoms with Gasteiger partial charge in [-0.1, -0.05) is 0 Å². The summed E-state index contributed by atoms with van der Waals surface area (Å²) in [5.41, 5.74) is 0.619. The Labute approximate surface area is 79.2 Å². The highest BCUT2D eigenvalue weighted by Gasteiger charge is 2.09. The molecule has 0 bridgehead atoms. The molecule has 0 spiro atoms. The molecule has 0 radical (unpaired) electrons. The number of carbonyl (C=O) groups excluding carboxylic acids is 1. The molecule has 0 aliphatic carbocycles. The van der Waals surface area contributed by atoms with Crippen LogP contribution >= 0.6 is 0 Å². The molecule has 7 heteroatoms. The summed E-state index contributed by atoms with van der Waals surface area (Å²) in [4.78, 5) is 15.1. The summed E-state index contributed by atoms with van der Waals surface area (Å²) < 4.78 is 1.59. The second-order valence-electron chi connectivity index (χ2n) is 2.69. The summed E-state index contributed by atoms with van der Waals surface area (Å²) in [5.74, 6) is -0.163. The highest BCUT2D eigenvalue weighted by molar-refractivity contribution is 6.01.